The van der Waals surface area contributed by atoms with Gasteiger partial charge in [0.25, 0.3) is 0 Å². The van der Waals surface area contributed by atoms with E-state index < -0.39 is 17.6 Å². The fourth-order valence-corrected chi connectivity index (χ4v) is 1.12. The summed E-state index contributed by atoms with van der Waals surface area (Å²) in [5, 5.41) is 0. The normalized spacial score (nSPS) is 27.8. The Morgan fingerprint density at radius 2 is 1.87 bits per heavy atom. The van der Waals surface area contributed by atoms with Crippen LogP contribution in [0.1, 0.15) is 19.8 Å². The average molecular weight is 216 g/mol. The molecule has 1 saturated heterocycles. The topological polar surface area (TPSA) is 105 Å². The van der Waals surface area contributed by atoms with Crippen molar-refractivity contribution in [3.8, 4) is 0 Å². The van der Waals surface area contributed by atoms with E-state index in [0.29, 0.717) is 0 Å². The second-order valence-electron chi connectivity index (χ2n) is 3.93. The molecule has 1 aliphatic heterocycles. The largest absolute Gasteiger partial charge is 0.465 e. The molecule has 0 radical (unpaired) electrons. The van der Waals surface area contributed by atoms with Gasteiger partial charge in [0.15, 0.2) is 5.66 Å². The molecule has 1 aliphatic rings. The molecule has 86 valence electrons. The zero-order valence-electron chi connectivity index (χ0n) is 8.69. The third-order valence-corrected chi connectivity index (χ3v) is 2.15. The summed E-state index contributed by atoms with van der Waals surface area (Å²) in [6.07, 6.45) is 0.0495. The monoisotopic (exact) mass is 216 g/mol. The molecule has 0 amide bonds. The first kappa shape index (κ1) is 11.9. The molecule has 0 aromatic heterocycles. The van der Waals surface area contributed by atoms with Crippen molar-refractivity contribution in [1.82, 2.24) is 0 Å². The lowest BCUT2D eigenvalue weighted by Crippen LogP contribution is -2.57. The van der Waals surface area contributed by atoms with Crippen LogP contribution in [0.3, 0.4) is 0 Å². The van der Waals surface area contributed by atoms with Gasteiger partial charge in [-0.15, -0.1) is 0 Å². The van der Waals surface area contributed by atoms with Crippen LogP contribution in [0.15, 0.2) is 0 Å². The molecule has 0 aromatic carbocycles. The molecule has 1 atom stereocenters. The van der Waals surface area contributed by atoms with E-state index in [1.54, 1.807) is 6.92 Å². The number of rotatable bonds is 0. The molecule has 1 heterocycles. The molecule has 0 saturated carbocycles. The standard InChI is InChI=1S/C9H16N2O4/c1-6-4-14-7(12)2-3-9(10,11)8(13)15-5-6/h6H,2-5,10-11H2,1H3. The molecule has 6 heteroatoms. The second-order valence-corrected chi connectivity index (χ2v) is 3.93. The van der Waals surface area contributed by atoms with E-state index in [4.69, 9.17) is 20.9 Å². The summed E-state index contributed by atoms with van der Waals surface area (Å²) in [7, 11) is 0. The van der Waals surface area contributed by atoms with Crippen molar-refractivity contribution in [2.45, 2.75) is 25.4 Å². The molecular formula is C9H16N2O4. The predicted molar refractivity (Wildman–Crippen MR) is 51.4 cm³/mol. The Hall–Kier alpha value is -1.14. The van der Waals surface area contributed by atoms with Crippen molar-refractivity contribution < 1.29 is 19.1 Å². The van der Waals surface area contributed by atoms with E-state index in [9.17, 15) is 9.59 Å². The fourth-order valence-electron chi connectivity index (χ4n) is 1.12. The number of ether oxygens (including phenoxy) is 2. The highest BCUT2D eigenvalue weighted by Gasteiger charge is 2.33. The number of hydrogen-bond donors (Lipinski definition) is 2. The Balaban J connectivity index is 2.66. The van der Waals surface area contributed by atoms with Gasteiger partial charge in [0.05, 0.1) is 13.2 Å². The van der Waals surface area contributed by atoms with Gasteiger partial charge in [0, 0.05) is 12.3 Å². The summed E-state index contributed by atoms with van der Waals surface area (Å²) < 4.78 is 9.82. The smallest absolute Gasteiger partial charge is 0.340 e. The van der Waals surface area contributed by atoms with Crippen LogP contribution in [-0.2, 0) is 19.1 Å². The highest BCUT2D eigenvalue weighted by atomic mass is 16.5. The average Bonchev–Trinajstić information content (AvgIpc) is 2.18. The van der Waals surface area contributed by atoms with E-state index in [-0.39, 0.29) is 32.0 Å². The van der Waals surface area contributed by atoms with Gasteiger partial charge >= 0.3 is 11.9 Å². The first-order valence-corrected chi connectivity index (χ1v) is 4.82. The summed E-state index contributed by atoms with van der Waals surface area (Å²) in [6, 6.07) is 0. The molecule has 6 nitrogen and oxygen atoms in total. The van der Waals surface area contributed by atoms with Crippen molar-refractivity contribution >= 4 is 11.9 Å². The zero-order valence-corrected chi connectivity index (χ0v) is 8.69. The van der Waals surface area contributed by atoms with Crippen LogP contribution in [0.5, 0.6) is 0 Å². The first-order chi connectivity index (χ1) is 6.92. The maximum absolute atomic E-state index is 11.4. The minimum atomic E-state index is -1.60. The second kappa shape index (κ2) is 4.59. The summed E-state index contributed by atoms with van der Waals surface area (Å²) in [5.41, 5.74) is 9.43. The summed E-state index contributed by atoms with van der Waals surface area (Å²) in [4.78, 5) is 22.5. The van der Waals surface area contributed by atoms with Crippen LogP contribution in [0, 0.1) is 5.92 Å². The Morgan fingerprint density at radius 3 is 2.53 bits per heavy atom. The van der Waals surface area contributed by atoms with Crippen LogP contribution in [-0.4, -0.2) is 30.8 Å². The third-order valence-electron chi connectivity index (χ3n) is 2.15. The minimum Gasteiger partial charge on any atom is -0.465 e. The lowest BCUT2D eigenvalue weighted by molar-refractivity contribution is -0.156. The van der Waals surface area contributed by atoms with Crippen molar-refractivity contribution in [3.63, 3.8) is 0 Å². The van der Waals surface area contributed by atoms with E-state index in [1.807, 2.05) is 0 Å². The Morgan fingerprint density at radius 1 is 1.27 bits per heavy atom. The molecule has 0 aliphatic carbocycles. The zero-order chi connectivity index (χ0) is 11.5. The van der Waals surface area contributed by atoms with E-state index in [0.717, 1.165) is 0 Å². The van der Waals surface area contributed by atoms with Crippen molar-refractivity contribution in [2.75, 3.05) is 13.2 Å². The highest BCUT2D eigenvalue weighted by Crippen LogP contribution is 2.10. The Labute approximate surface area is 87.9 Å². The van der Waals surface area contributed by atoms with Gasteiger partial charge in [-0.1, -0.05) is 6.92 Å². The van der Waals surface area contributed by atoms with Crippen molar-refractivity contribution in [3.05, 3.63) is 0 Å². The molecule has 0 aromatic rings. The summed E-state index contributed by atoms with van der Waals surface area (Å²) >= 11 is 0. The Bertz CT molecular complexity index is 265. The number of hydrogen-bond acceptors (Lipinski definition) is 6. The van der Waals surface area contributed by atoms with E-state index in [1.165, 1.54) is 0 Å². The van der Waals surface area contributed by atoms with Gasteiger partial charge < -0.3 is 20.9 Å². The number of esters is 2. The molecule has 4 N–H and O–H groups in total. The van der Waals surface area contributed by atoms with Gasteiger partial charge in [-0.3, -0.25) is 4.79 Å². The van der Waals surface area contributed by atoms with Crippen molar-refractivity contribution in [2.24, 2.45) is 17.4 Å². The minimum absolute atomic E-state index is 0.0226. The Kier molecular flexibility index (Phi) is 3.65. The van der Waals surface area contributed by atoms with E-state index in [2.05, 4.69) is 0 Å². The van der Waals surface area contributed by atoms with Crippen LogP contribution < -0.4 is 11.5 Å². The van der Waals surface area contributed by atoms with Crippen LogP contribution in [0.4, 0.5) is 0 Å². The maximum Gasteiger partial charge on any atom is 0.340 e. The quantitative estimate of drug-likeness (QED) is 0.402. The molecule has 1 rings (SSSR count). The first-order valence-electron chi connectivity index (χ1n) is 4.82. The van der Waals surface area contributed by atoms with Crippen LogP contribution in [0.25, 0.3) is 0 Å². The molecule has 1 unspecified atom stereocenters. The SMILES string of the molecule is CC1COC(=O)CCC(N)(N)C(=O)OC1. The summed E-state index contributed by atoms with van der Waals surface area (Å²) in [5.74, 6) is -1.12. The van der Waals surface area contributed by atoms with E-state index >= 15 is 0 Å². The number of cyclic esters (lactones) is 2. The van der Waals surface area contributed by atoms with Gasteiger partial charge in [0.2, 0.25) is 0 Å². The molecule has 0 spiro atoms. The van der Waals surface area contributed by atoms with Crippen LogP contribution in [0.2, 0.25) is 0 Å². The van der Waals surface area contributed by atoms with Gasteiger partial charge in [-0.25, -0.2) is 4.79 Å². The van der Waals surface area contributed by atoms with Gasteiger partial charge in [0.1, 0.15) is 0 Å². The highest BCUT2D eigenvalue weighted by molar-refractivity contribution is 5.81. The lowest BCUT2D eigenvalue weighted by atomic mass is 10.1. The molecule has 15 heavy (non-hydrogen) atoms. The fraction of sp³-hybridized carbons (Fsp3) is 0.778. The van der Waals surface area contributed by atoms with Gasteiger partial charge in [-0.05, 0) is 6.42 Å². The third kappa shape index (κ3) is 3.49. The van der Waals surface area contributed by atoms with Crippen molar-refractivity contribution in [1.29, 1.82) is 0 Å². The number of nitrogens with two attached hydrogens (primary N) is 2. The summed E-state index contributed by atoms with van der Waals surface area (Å²) in [6.45, 7) is 2.20. The number of carbonyl (C=O) groups is 2. The molecule has 0 bridgehead atoms. The number of carbonyl (C=O) groups excluding carboxylic acids is 2. The molecule has 1 fully saturated rings. The predicted octanol–water partition coefficient (Wildman–Crippen LogP) is -0.884. The van der Waals surface area contributed by atoms with Gasteiger partial charge in [-0.2, -0.15) is 0 Å². The maximum atomic E-state index is 11.4. The molecular weight excluding hydrogens is 200 g/mol. The lowest BCUT2D eigenvalue weighted by Gasteiger charge is -2.24. The van der Waals surface area contributed by atoms with Crippen LogP contribution >= 0.6 is 0 Å².